The number of rotatable bonds is 7. The number of fused-ring (bicyclic) bond motifs is 1. The van der Waals surface area contributed by atoms with Gasteiger partial charge in [-0.1, -0.05) is 87.9 Å². The van der Waals surface area contributed by atoms with Crippen LogP contribution in [0.4, 0.5) is 0 Å². The fourth-order valence-electron chi connectivity index (χ4n) is 4.67. The summed E-state index contributed by atoms with van der Waals surface area (Å²) in [5.74, 6) is 1.51. The molecule has 3 atom stereocenters. The first-order valence-electron chi connectivity index (χ1n) is 10.2. The van der Waals surface area contributed by atoms with E-state index in [-0.39, 0.29) is 5.92 Å². The third-order valence-corrected chi connectivity index (χ3v) is 5.97. The Kier molecular flexibility index (Phi) is 6.51. The van der Waals surface area contributed by atoms with Crippen LogP contribution in [0, 0.1) is 23.2 Å². The van der Waals surface area contributed by atoms with Gasteiger partial charge < -0.3 is 0 Å². The van der Waals surface area contributed by atoms with Gasteiger partial charge in [0.05, 0.1) is 6.07 Å². The highest BCUT2D eigenvalue weighted by Gasteiger charge is 2.30. The Balaban J connectivity index is 1.71. The highest BCUT2D eigenvalue weighted by atomic mass is 14.4. The van der Waals surface area contributed by atoms with Crippen molar-refractivity contribution in [2.75, 3.05) is 0 Å². The van der Waals surface area contributed by atoms with Gasteiger partial charge in [-0.05, 0) is 47.4 Å². The van der Waals surface area contributed by atoms with Gasteiger partial charge in [0.1, 0.15) is 0 Å². The molecular weight excluding hydrogens is 302 g/mol. The van der Waals surface area contributed by atoms with Gasteiger partial charge in [0.25, 0.3) is 0 Å². The van der Waals surface area contributed by atoms with E-state index in [1.807, 2.05) is 0 Å². The standard InChI is InChI=1S/C24H31N/c1-2-3-4-5-6-10-19-15-20(18-25)17-22(16-19)24-14-9-12-21-11-7-8-13-23(21)24/h7-9,11-14,19-20,22H,2-6,10,15-17H2,1H3. The van der Waals surface area contributed by atoms with E-state index in [2.05, 4.69) is 55.5 Å². The van der Waals surface area contributed by atoms with Gasteiger partial charge in [-0.25, -0.2) is 0 Å². The van der Waals surface area contributed by atoms with E-state index in [1.54, 1.807) is 0 Å². The van der Waals surface area contributed by atoms with Gasteiger partial charge >= 0.3 is 0 Å². The Morgan fingerprint density at radius 3 is 2.56 bits per heavy atom. The molecular formula is C24H31N. The molecule has 1 nitrogen and oxygen atoms in total. The Bertz CT molecular complexity index is 706. The molecule has 0 bridgehead atoms. The molecule has 2 aromatic rings. The summed E-state index contributed by atoms with van der Waals surface area (Å²) in [5.41, 5.74) is 1.47. The lowest BCUT2D eigenvalue weighted by Crippen LogP contribution is -2.21. The van der Waals surface area contributed by atoms with Crippen molar-refractivity contribution in [2.45, 2.75) is 70.6 Å². The lowest BCUT2D eigenvalue weighted by molar-refractivity contribution is 0.259. The first kappa shape index (κ1) is 18.0. The maximum absolute atomic E-state index is 9.58. The van der Waals surface area contributed by atoms with Crippen LogP contribution in [0.15, 0.2) is 42.5 Å². The van der Waals surface area contributed by atoms with Crippen LogP contribution in [0.2, 0.25) is 0 Å². The van der Waals surface area contributed by atoms with E-state index in [0.717, 1.165) is 18.8 Å². The van der Waals surface area contributed by atoms with Gasteiger partial charge in [0, 0.05) is 5.92 Å². The Morgan fingerprint density at radius 1 is 0.920 bits per heavy atom. The zero-order chi connectivity index (χ0) is 17.5. The second-order valence-corrected chi connectivity index (χ2v) is 7.87. The molecule has 3 rings (SSSR count). The Hall–Kier alpha value is -1.81. The molecule has 132 valence electrons. The molecule has 0 saturated heterocycles. The monoisotopic (exact) mass is 333 g/mol. The molecule has 0 amide bonds. The third kappa shape index (κ3) is 4.63. The summed E-state index contributed by atoms with van der Waals surface area (Å²) in [6, 6.07) is 18.0. The summed E-state index contributed by atoms with van der Waals surface area (Å²) < 4.78 is 0. The fraction of sp³-hybridized carbons (Fsp3) is 0.542. The zero-order valence-corrected chi connectivity index (χ0v) is 15.6. The van der Waals surface area contributed by atoms with Crippen molar-refractivity contribution in [1.29, 1.82) is 5.26 Å². The van der Waals surface area contributed by atoms with Gasteiger partial charge in [-0.2, -0.15) is 5.26 Å². The number of nitrogens with zero attached hydrogens (tertiary/aromatic N) is 1. The second kappa shape index (κ2) is 9.04. The average molecular weight is 334 g/mol. The molecule has 1 aliphatic rings. The van der Waals surface area contributed by atoms with E-state index in [4.69, 9.17) is 0 Å². The molecule has 25 heavy (non-hydrogen) atoms. The van der Waals surface area contributed by atoms with Crippen molar-refractivity contribution < 1.29 is 0 Å². The van der Waals surface area contributed by atoms with Crippen molar-refractivity contribution in [3.8, 4) is 6.07 Å². The van der Waals surface area contributed by atoms with Gasteiger partial charge in [0.2, 0.25) is 0 Å². The van der Waals surface area contributed by atoms with E-state index in [0.29, 0.717) is 5.92 Å². The maximum atomic E-state index is 9.58. The van der Waals surface area contributed by atoms with E-state index in [1.165, 1.54) is 61.3 Å². The van der Waals surface area contributed by atoms with Crippen LogP contribution in [-0.4, -0.2) is 0 Å². The van der Waals surface area contributed by atoms with E-state index < -0.39 is 0 Å². The number of hydrogen-bond acceptors (Lipinski definition) is 1. The lowest BCUT2D eigenvalue weighted by Gasteiger charge is -2.33. The molecule has 0 aliphatic heterocycles. The van der Waals surface area contributed by atoms with Crippen LogP contribution in [-0.2, 0) is 0 Å². The molecule has 1 saturated carbocycles. The summed E-state index contributed by atoms with van der Waals surface area (Å²) in [6.07, 6.45) is 11.5. The van der Waals surface area contributed by atoms with E-state index in [9.17, 15) is 5.26 Å². The van der Waals surface area contributed by atoms with Crippen molar-refractivity contribution >= 4 is 10.8 Å². The van der Waals surface area contributed by atoms with Crippen molar-refractivity contribution in [3.05, 3.63) is 48.0 Å². The van der Waals surface area contributed by atoms with E-state index >= 15 is 0 Å². The van der Waals surface area contributed by atoms with Crippen LogP contribution in [0.5, 0.6) is 0 Å². The Labute approximate surface area is 153 Å². The molecule has 1 fully saturated rings. The predicted molar refractivity (Wildman–Crippen MR) is 107 cm³/mol. The van der Waals surface area contributed by atoms with Crippen LogP contribution >= 0.6 is 0 Å². The number of hydrogen-bond donors (Lipinski definition) is 0. The molecule has 3 unspecified atom stereocenters. The largest absolute Gasteiger partial charge is 0.198 e. The van der Waals surface area contributed by atoms with Crippen molar-refractivity contribution in [2.24, 2.45) is 11.8 Å². The molecule has 2 aromatic carbocycles. The molecule has 1 heteroatoms. The van der Waals surface area contributed by atoms with Gasteiger partial charge in [-0.3, -0.25) is 0 Å². The normalized spacial score (nSPS) is 23.4. The fourth-order valence-corrected chi connectivity index (χ4v) is 4.67. The highest BCUT2D eigenvalue weighted by molar-refractivity contribution is 5.86. The van der Waals surface area contributed by atoms with Crippen molar-refractivity contribution in [1.82, 2.24) is 0 Å². The summed E-state index contributed by atoms with van der Waals surface area (Å²) in [4.78, 5) is 0. The molecule has 0 aromatic heterocycles. The number of nitriles is 1. The number of unbranched alkanes of at least 4 members (excludes halogenated alkanes) is 4. The van der Waals surface area contributed by atoms with Crippen LogP contribution in [0.1, 0.15) is 76.2 Å². The Morgan fingerprint density at radius 2 is 1.72 bits per heavy atom. The van der Waals surface area contributed by atoms with Gasteiger partial charge in [-0.15, -0.1) is 0 Å². The molecule has 0 spiro atoms. The minimum Gasteiger partial charge on any atom is -0.198 e. The molecule has 0 N–H and O–H groups in total. The second-order valence-electron chi connectivity index (χ2n) is 7.87. The smallest absolute Gasteiger partial charge is 0.0656 e. The SMILES string of the molecule is CCCCCCCC1CC(C#N)CC(c2cccc3ccccc23)C1. The molecule has 0 heterocycles. The highest BCUT2D eigenvalue weighted by Crippen LogP contribution is 2.43. The van der Waals surface area contributed by atoms with Crippen molar-refractivity contribution in [3.63, 3.8) is 0 Å². The van der Waals surface area contributed by atoms with Crippen LogP contribution < -0.4 is 0 Å². The summed E-state index contributed by atoms with van der Waals surface area (Å²) >= 11 is 0. The minimum absolute atomic E-state index is 0.235. The lowest BCUT2D eigenvalue weighted by atomic mass is 9.71. The maximum Gasteiger partial charge on any atom is 0.0656 e. The average Bonchev–Trinajstić information content (AvgIpc) is 2.67. The predicted octanol–water partition coefficient (Wildman–Crippen LogP) is 7.22. The third-order valence-electron chi connectivity index (χ3n) is 5.97. The molecule has 0 radical (unpaired) electrons. The molecule has 1 aliphatic carbocycles. The van der Waals surface area contributed by atoms with Crippen LogP contribution in [0.25, 0.3) is 10.8 Å². The summed E-state index contributed by atoms with van der Waals surface area (Å²) in [7, 11) is 0. The summed E-state index contributed by atoms with van der Waals surface area (Å²) in [6.45, 7) is 2.27. The quantitative estimate of drug-likeness (QED) is 0.490. The van der Waals surface area contributed by atoms with Gasteiger partial charge in [0.15, 0.2) is 0 Å². The minimum atomic E-state index is 0.235. The zero-order valence-electron chi connectivity index (χ0n) is 15.6. The first-order chi connectivity index (χ1) is 12.3. The van der Waals surface area contributed by atoms with Crippen LogP contribution in [0.3, 0.4) is 0 Å². The summed E-state index contributed by atoms with van der Waals surface area (Å²) in [5, 5.41) is 12.3. The first-order valence-corrected chi connectivity index (χ1v) is 10.2. The number of benzene rings is 2. The topological polar surface area (TPSA) is 23.8 Å².